The quantitative estimate of drug-likeness (QED) is 0.774. The van der Waals surface area contributed by atoms with Crippen LogP contribution in [0.4, 0.5) is 0 Å². The molecule has 0 unspecified atom stereocenters. The number of nitrogens with zero attached hydrogens (tertiary/aromatic N) is 1. The lowest BCUT2D eigenvalue weighted by Crippen LogP contribution is -2.40. The molecule has 2 fully saturated rings. The van der Waals surface area contributed by atoms with Crippen LogP contribution in [0.25, 0.3) is 0 Å². The summed E-state index contributed by atoms with van der Waals surface area (Å²) in [4.78, 5) is 2.62. The van der Waals surface area contributed by atoms with Gasteiger partial charge in [-0.05, 0) is 30.4 Å². The molecular weight excluding hydrogens is 270 g/mol. The molecule has 1 aliphatic carbocycles. The molecule has 114 valence electrons. The first-order valence-corrected chi connectivity index (χ1v) is 8.37. The second kappa shape index (κ2) is 6.23. The van der Waals surface area contributed by atoms with Crippen LogP contribution >= 0.6 is 0 Å². The average Bonchev–Trinajstić information content (AvgIpc) is 3.36. The molecule has 22 heavy (non-hydrogen) atoms. The third-order valence-electron chi connectivity index (χ3n) is 4.92. The van der Waals surface area contributed by atoms with Gasteiger partial charge < -0.3 is 4.74 Å². The maximum atomic E-state index is 5.91. The highest BCUT2D eigenvalue weighted by molar-refractivity contribution is 5.18. The maximum absolute atomic E-state index is 5.91. The predicted molar refractivity (Wildman–Crippen MR) is 88.4 cm³/mol. The zero-order chi connectivity index (χ0) is 14.8. The number of hydrogen-bond donors (Lipinski definition) is 0. The lowest BCUT2D eigenvalue weighted by atomic mass is 9.93. The molecular formula is C20H23NO. The minimum absolute atomic E-state index is 0.473. The number of hydrogen-bond acceptors (Lipinski definition) is 2. The summed E-state index contributed by atoms with van der Waals surface area (Å²) < 4.78 is 5.91. The summed E-state index contributed by atoms with van der Waals surface area (Å²) >= 11 is 0. The van der Waals surface area contributed by atoms with Gasteiger partial charge in [0.05, 0.1) is 12.2 Å². The molecule has 2 aromatic carbocycles. The fourth-order valence-corrected chi connectivity index (χ4v) is 3.74. The van der Waals surface area contributed by atoms with Gasteiger partial charge in [-0.25, -0.2) is 0 Å². The molecule has 4 rings (SSSR count). The topological polar surface area (TPSA) is 15.8 Å². The highest BCUT2D eigenvalue weighted by Crippen LogP contribution is 2.40. The lowest BCUT2D eigenvalue weighted by molar-refractivity contribution is 0.135. The molecule has 0 aromatic heterocycles. The van der Waals surface area contributed by atoms with Crippen LogP contribution in [0.3, 0.4) is 0 Å². The van der Waals surface area contributed by atoms with Gasteiger partial charge in [-0.1, -0.05) is 60.7 Å². The van der Waals surface area contributed by atoms with Crippen LogP contribution in [0.2, 0.25) is 0 Å². The monoisotopic (exact) mass is 293 g/mol. The van der Waals surface area contributed by atoms with E-state index in [0.717, 1.165) is 13.1 Å². The fourth-order valence-electron chi connectivity index (χ4n) is 3.74. The Balaban J connectivity index is 1.54. The molecule has 1 saturated heterocycles. The standard InChI is InChI=1S/C20H23NO/c1-3-8-16(9-4-1)14-21(15-17-10-5-2-6-11-17)18-12-7-13-19-20(18)22-19/h1-6,8-11,18-20H,7,12-15H2/t18-,19-,20-/m1/s1. The van der Waals surface area contributed by atoms with Gasteiger partial charge in [-0.3, -0.25) is 4.90 Å². The largest absolute Gasteiger partial charge is 0.368 e. The Kier molecular flexibility index (Phi) is 3.96. The Hall–Kier alpha value is -1.64. The van der Waals surface area contributed by atoms with Crippen molar-refractivity contribution in [1.29, 1.82) is 0 Å². The molecule has 0 radical (unpaired) electrons. The van der Waals surface area contributed by atoms with E-state index in [0.29, 0.717) is 18.2 Å². The van der Waals surface area contributed by atoms with E-state index in [1.807, 2.05) is 0 Å². The third kappa shape index (κ3) is 3.08. The number of ether oxygens (including phenoxy) is 1. The molecule has 1 aliphatic heterocycles. The summed E-state index contributed by atoms with van der Waals surface area (Å²) in [7, 11) is 0. The number of rotatable bonds is 5. The smallest absolute Gasteiger partial charge is 0.0996 e. The summed E-state index contributed by atoms with van der Waals surface area (Å²) in [6, 6.07) is 22.2. The van der Waals surface area contributed by atoms with Gasteiger partial charge in [-0.2, -0.15) is 0 Å². The molecule has 2 aromatic rings. The first-order valence-electron chi connectivity index (χ1n) is 8.37. The normalized spacial score (nSPS) is 26.7. The average molecular weight is 293 g/mol. The summed E-state index contributed by atoms with van der Waals surface area (Å²) in [5.41, 5.74) is 2.78. The minimum atomic E-state index is 0.473. The second-order valence-corrected chi connectivity index (χ2v) is 6.51. The summed E-state index contributed by atoms with van der Waals surface area (Å²) in [5.74, 6) is 0. The molecule has 1 heterocycles. The first-order chi connectivity index (χ1) is 10.9. The molecule has 3 atom stereocenters. The van der Waals surface area contributed by atoms with Crippen molar-refractivity contribution in [3.8, 4) is 0 Å². The molecule has 2 heteroatoms. The van der Waals surface area contributed by atoms with Gasteiger partial charge in [-0.15, -0.1) is 0 Å². The Morgan fingerprint density at radius 1 is 0.818 bits per heavy atom. The van der Waals surface area contributed by atoms with E-state index in [-0.39, 0.29) is 0 Å². The third-order valence-corrected chi connectivity index (χ3v) is 4.92. The predicted octanol–water partition coefficient (Wildman–Crippen LogP) is 4.01. The van der Waals surface area contributed by atoms with Gasteiger partial charge in [0.25, 0.3) is 0 Å². The lowest BCUT2D eigenvalue weighted by Gasteiger charge is -2.33. The summed E-state index contributed by atoms with van der Waals surface area (Å²) in [6.07, 6.45) is 4.83. The van der Waals surface area contributed by atoms with Crippen molar-refractivity contribution < 1.29 is 4.74 Å². The van der Waals surface area contributed by atoms with Crippen molar-refractivity contribution in [1.82, 2.24) is 4.90 Å². The zero-order valence-electron chi connectivity index (χ0n) is 12.9. The summed E-state index contributed by atoms with van der Waals surface area (Å²) in [5, 5.41) is 0. The van der Waals surface area contributed by atoms with Crippen LogP contribution in [0.1, 0.15) is 30.4 Å². The molecule has 0 spiro atoms. The summed E-state index contributed by atoms with van der Waals surface area (Å²) in [6.45, 7) is 2.01. The van der Waals surface area contributed by atoms with Crippen molar-refractivity contribution in [3.63, 3.8) is 0 Å². The van der Waals surface area contributed by atoms with Gasteiger partial charge in [0.15, 0.2) is 0 Å². The molecule has 0 amide bonds. The molecule has 0 bridgehead atoms. The number of benzene rings is 2. The second-order valence-electron chi connectivity index (χ2n) is 6.51. The van der Waals surface area contributed by atoms with Gasteiger partial charge in [0.2, 0.25) is 0 Å². The van der Waals surface area contributed by atoms with E-state index in [2.05, 4.69) is 65.6 Å². The van der Waals surface area contributed by atoms with Crippen LogP contribution in [0.5, 0.6) is 0 Å². The number of fused-ring (bicyclic) bond motifs is 1. The van der Waals surface area contributed by atoms with E-state index in [1.54, 1.807) is 0 Å². The van der Waals surface area contributed by atoms with Gasteiger partial charge in [0, 0.05) is 19.1 Å². The zero-order valence-corrected chi connectivity index (χ0v) is 12.9. The van der Waals surface area contributed by atoms with Crippen LogP contribution < -0.4 is 0 Å². The van der Waals surface area contributed by atoms with Crippen molar-refractivity contribution in [2.24, 2.45) is 0 Å². The van der Waals surface area contributed by atoms with E-state index in [1.165, 1.54) is 30.4 Å². The van der Waals surface area contributed by atoms with Crippen molar-refractivity contribution in [2.75, 3.05) is 0 Å². The molecule has 2 nitrogen and oxygen atoms in total. The van der Waals surface area contributed by atoms with Crippen LogP contribution in [-0.2, 0) is 17.8 Å². The molecule has 2 aliphatic rings. The minimum Gasteiger partial charge on any atom is -0.368 e. The Labute approximate surface area is 132 Å². The van der Waals surface area contributed by atoms with Crippen molar-refractivity contribution >= 4 is 0 Å². The molecule has 1 saturated carbocycles. The Bertz CT molecular complexity index is 556. The van der Waals surface area contributed by atoms with Crippen molar-refractivity contribution in [2.45, 2.75) is 50.6 Å². The highest BCUT2D eigenvalue weighted by Gasteiger charge is 2.49. The van der Waals surface area contributed by atoms with Gasteiger partial charge >= 0.3 is 0 Å². The van der Waals surface area contributed by atoms with E-state index in [9.17, 15) is 0 Å². The fraction of sp³-hybridized carbons (Fsp3) is 0.400. The maximum Gasteiger partial charge on any atom is 0.0996 e. The Morgan fingerprint density at radius 2 is 1.41 bits per heavy atom. The van der Waals surface area contributed by atoms with Crippen LogP contribution in [-0.4, -0.2) is 23.1 Å². The first kappa shape index (κ1) is 14.0. The Morgan fingerprint density at radius 3 is 2.00 bits per heavy atom. The molecule has 0 N–H and O–H groups in total. The van der Waals surface area contributed by atoms with E-state index < -0.39 is 0 Å². The van der Waals surface area contributed by atoms with Gasteiger partial charge in [0.1, 0.15) is 0 Å². The van der Waals surface area contributed by atoms with Crippen molar-refractivity contribution in [3.05, 3.63) is 71.8 Å². The van der Waals surface area contributed by atoms with Crippen LogP contribution in [0.15, 0.2) is 60.7 Å². The number of epoxide rings is 1. The highest BCUT2D eigenvalue weighted by atomic mass is 16.6. The van der Waals surface area contributed by atoms with E-state index >= 15 is 0 Å². The van der Waals surface area contributed by atoms with E-state index in [4.69, 9.17) is 4.74 Å². The van der Waals surface area contributed by atoms with Crippen LogP contribution in [0, 0.1) is 0 Å². The SMILES string of the molecule is c1ccc(CN(Cc2ccccc2)[C@@H]2CCC[C@H]3O[C@H]23)cc1.